The maximum absolute atomic E-state index is 13.7. The molecule has 112 valence electrons. The van der Waals surface area contributed by atoms with Crippen LogP contribution in [0.15, 0.2) is 41.3 Å². The van der Waals surface area contributed by atoms with Gasteiger partial charge in [-0.2, -0.15) is 0 Å². The molecular weight excluding hydrogens is 303 g/mol. The molecule has 2 aromatic rings. The molecule has 0 spiro atoms. The number of hydrogen-bond acceptors (Lipinski definition) is 3. The fourth-order valence-electron chi connectivity index (χ4n) is 1.82. The molecule has 0 aromatic heterocycles. The van der Waals surface area contributed by atoms with Crippen molar-refractivity contribution in [3.63, 3.8) is 0 Å². The van der Waals surface area contributed by atoms with Gasteiger partial charge in [0.05, 0.1) is 10.6 Å². The molecule has 0 aliphatic heterocycles. The van der Waals surface area contributed by atoms with Gasteiger partial charge in [0.1, 0.15) is 5.82 Å². The highest BCUT2D eigenvalue weighted by Gasteiger charge is 2.19. The zero-order valence-electron chi connectivity index (χ0n) is 10.8. The fraction of sp³-hybridized carbons (Fsp3) is 0.143. The number of sulfone groups is 1. The fourth-order valence-corrected chi connectivity index (χ4v) is 3.18. The van der Waals surface area contributed by atoms with Gasteiger partial charge in [0.25, 0.3) is 0 Å². The second kappa shape index (κ2) is 5.87. The Morgan fingerprint density at radius 2 is 1.57 bits per heavy atom. The monoisotopic (exact) mass is 315 g/mol. The molecular formula is C14H12F3NO2S. The molecule has 0 atom stereocenters. The van der Waals surface area contributed by atoms with Crippen LogP contribution in [-0.4, -0.2) is 8.42 Å². The lowest BCUT2D eigenvalue weighted by Gasteiger charge is -2.08. The molecule has 0 amide bonds. The number of benzene rings is 2. The SMILES string of the molecule is NCc1ccc(F)c(CS(=O)(=O)c2ccc(F)c(F)c2)c1. The first kappa shape index (κ1) is 15.5. The van der Waals surface area contributed by atoms with Gasteiger partial charge in [-0.1, -0.05) is 12.1 Å². The van der Waals surface area contributed by atoms with Crippen molar-refractivity contribution in [1.82, 2.24) is 0 Å². The summed E-state index contributed by atoms with van der Waals surface area (Å²) in [7, 11) is -3.99. The van der Waals surface area contributed by atoms with E-state index < -0.39 is 37.9 Å². The second-order valence-electron chi connectivity index (χ2n) is 4.46. The van der Waals surface area contributed by atoms with E-state index in [0.717, 1.165) is 18.2 Å². The minimum atomic E-state index is -3.99. The van der Waals surface area contributed by atoms with E-state index in [0.29, 0.717) is 11.6 Å². The summed E-state index contributed by atoms with van der Waals surface area (Å²) >= 11 is 0. The van der Waals surface area contributed by atoms with E-state index in [2.05, 4.69) is 0 Å². The molecule has 0 aliphatic rings. The summed E-state index contributed by atoms with van der Waals surface area (Å²) in [6.45, 7) is 0.137. The largest absolute Gasteiger partial charge is 0.326 e. The lowest BCUT2D eigenvalue weighted by atomic mass is 10.1. The highest BCUT2D eigenvalue weighted by atomic mass is 32.2. The van der Waals surface area contributed by atoms with Crippen molar-refractivity contribution in [3.05, 3.63) is 65.0 Å². The van der Waals surface area contributed by atoms with Crippen molar-refractivity contribution >= 4 is 9.84 Å². The normalized spacial score (nSPS) is 11.6. The zero-order valence-corrected chi connectivity index (χ0v) is 11.6. The van der Waals surface area contributed by atoms with E-state index in [1.54, 1.807) is 0 Å². The van der Waals surface area contributed by atoms with Crippen LogP contribution in [0.1, 0.15) is 11.1 Å². The van der Waals surface area contributed by atoms with E-state index in [1.165, 1.54) is 12.1 Å². The summed E-state index contributed by atoms with van der Waals surface area (Å²) in [4.78, 5) is -0.404. The van der Waals surface area contributed by atoms with Crippen LogP contribution in [-0.2, 0) is 22.1 Å². The minimum absolute atomic E-state index is 0.0670. The Hall–Kier alpha value is -1.86. The third-order valence-electron chi connectivity index (χ3n) is 2.94. The molecule has 0 heterocycles. The van der Waals surface area contributed by atoms with Crippen LogP contribution in [0, 0.1) is 17.5 Å². The number of halogens is 3. The van der Waals surface area contributed by atoms with E-state index in [1.807, 2.05) is 0 Å². The van der Waals surface area contributed by atoms with Gasteiger partial charge in [-0.25, -0.2) is 21.6 Å². The maximum atomic E-state index is 13.7. The lowest BCUT2D eigenvalue weighted by molar-refractivity contribution is 0.504. The van der Waals surface area contributed by atoms with Crippen molar-refractivity contribution in [2.75, 3.05) is 0 Å². The third kappa shape index (κ3) is 3.43. The van der Waals surface area contributed by atoms with Gasteiger partial charge in [0, 0.05) is 12.1 Å². The molecule has 7 heteroatoms. The van der Waals surface area contributed by atoms with Gasteiger partial charge in [0.15, 0.2) is 21.5 Å². The Morgan fingerprint density at radius 1 is 0.905 bits per heavy atom. The van der Waals surface area contributed by atoms with Crippen LogP contribution >= 0.6 is 0 Å². The minimum Gasteiger partial charge on any atom is -0.326 e. The van der Waals surface area contributed by atoms with Crippen molar-refractivity contribution in [2.24, 2.45) is 5.73 Å². The molecule has 0 unspecified atom stereocenters. The summed E-state index contributed by atoms with van der Waals surface area (Å²) in [5, 5.41) is 0. The smallest absolute Gasteiger partial charge is 0.182 e. The predicted octanol–water partition coefficient (Wildman–Crippen LogP) is 2.54. The van der Waals surface area contributed by atoms with E-state index in [4.69, 9.17) is 5.73 Å². The van der Waals surface area contributed by atoms with Crippen LogP contribution in [0.4, 0.5) is 13.2 Å². The lowest BCUT2D eigenvalue weighted by Crippen LogP contribution is -2.08. The highest BCUT2D eigenvalue weighted by molar-refractivity contribution is 7.90. The van der Waals surface area contributed by atoms with Crippen molar-refractivity contribution < 1.29 is 21.6 Å². The molecule has 0 fully saturated rings. The zero-order chi connectivity index (χ0) is 15.6. The second-order valence-corrected chi connectivity index (χ2v) is 6.45. The first-order valence-electron chi connectivity index (χ1n) is 5.98. The predicted molar refractivity (Wildman–Crippen MR) is 71.5 cm³/mol. The average Bonchev–Trinajstić information content (AvgIpc) is 2.44. The number of rotatable bonds is 4. The molecule has 0 saturated heterocycles. The number of hydrogen-bond donors (Lipinski definition) is 1. The van der Waals surface area contributed by atoms with Crippen LogP contribution < -0.4 is 5.73 Å². The molecule has 0 radical (unpaired) electrons. The van der Waals surface area contributed by atoms with Crippen LogP contribution in [0.25, 0.3) is 0 Å². The van der Waals surface area contributed by atoms with Gasteiger partial charge in [-0.05, 0) is 29.8 Å². The van der Waals surface area contributed by atoms with Crippen LogP contribution in [0.3, 0.4) is 0 Å². The van der Waals surface area contributed by atoms with Crippen LogP contribution in [0.2, 0.25) is 0 Å². The summed E-state index contributed by atoms with van der Waals surface area (Å²) in [5.74, 6) is -3.77. The summed E-state index contributed by atoms with van der Waals surface area (Å²) < 4.78 is 63.9. The summed E-state index contributed by atoms with van der Waals surface area (Å²) in [6.07, 6.45) is 0. The van der Waals surface area contributed by atoms with Gasteiger partial charge >= 0.3 is 0 Å². The first-order chi connectivity index (χ1) is 9.83. The Kier molecular flexibility index (Phi) is 4.34. The van der Waals surface area contributed by atoms with Crippen molar-refractivity contribution in [3.8, 4) is 0 Å². The Labute approximate surface area is 120 Å². The number of nitrogens with two attached hydrogens (primary N) is 1. The van der Waals surface area contributed by atoms with Crippen molar-refractivity contribution in [1.29, 1.82) is 0 Å². The standard InChI is InChI=1S/C14H12F3NO2S/c15-12-3-1-9(7-18)5-10(12)8-21(19,20)11-2-4-13(16)14(17)6-11/h1-6H,7-8,18H2. The molecule has 0 bridgehead atoms. The third-order valence-corrected chi connectivity index (χ3v) is 4.60. The van der Waals surface area contributed by atoms with Gasteiger partial charge in [-0.3, -0.25) is 0 Å². The van der Waals surface area contributed by atoms with E-state index in [-0.39, 0.29) is 12.1 Å². The molecule has 0 saturated carbocycles. The molecule has 0 aliphatic carbocycles. The molecule has 3 nitrogen and oxygen atoms in total. The van der Waals surface area contributed by atoms with E-state index in [9.17, 15) is 21.6 Å². The Bertz CT molecular complexity index is 776. The molecule has 2 aromatic carbocycles. The van der Waals surface area contributed by atoms with Crippen LogP contribution in [0.5, 0.6) is 0 Å². The summed E-state index contributed by atoms with van der Waals surface area (Å²) in [6, 6.07) is 6.15. The van der Waals surface area contributed by atoms with Gasteiger partial charge in [-0.15, -0.1) is 0 Å². The van der Waals surface area contributed by atoms with E-state index >= 15 is 0 Å². The highest BCUT2D eigenvalue weighted by Crippen LogP contribution is 2.21. The topological polar surface area (TPSA) is 60.2 Å². The maximum Gasteiger partial charge on any atom is 0.182 e. The molecule has 2 rings (SSSR count). The quantitative estimate of drug-likeness (QED) is 0.882. The Morgan fingerprint density at radius 3 is 2.19 bits per heavy atom. The first-order valence-corrected chi connectivity index (χ1v) is 7.64. The van der Waals surface area contributed by atoms with Gasteiger partial charge in [0.2, 0.25) is 0 Å². The average molecular weight is 315 g/mol. The van der Waals surface area contributed by atoms with Gasteiger partial charge < -0.3 is 5.73 Å². The Balaban J connectivity index is 2.39. The molecule has 21 heavy (non-hydrogen) atoms. The van der Waals surface area contributed by atoms with Crippen molar-refractivity contribution in [2.45, 2.75) is 17.2 Å². The summed E-state index contributed by atoms with van der Waals surface area (Å²) in [5.41, 5.74) is 5.93. The molecule has 2 N–H and O–H groups in total.